The maximum atomic E-state index is 12.1. The molecule has 1 atom stereocenters. The lowest BCUT2D eigenvalue weighted by molar-refractivity contribution is 0.0781. The highest BCUT2D eigenvalue weighted by molar-refractivity contribution is 9.10. The summed E-state index contributed by atoms with van der Waals surface area (Å²) < 4.78 is 5.70. The van der Waals surface area contributed by atoms with Gasteiger partial charge in [-0.1, -0.05) is 27.5 Å². The van der Waals surface area contributed by atoms with Gasteiger partial charge in [0.25, 0.3) is 5.91 Å². The number of hydrogen-bond donors (Lipinski definition) is 0. The van der Waals surface area contributed by atoms with Gasteiger partial charge in [-0.3, -0.25) is 4.79 Å². The first-order chi connectivity index (χ1) is 8.43. The topological polar surface area (TPSA) is 29.5 Å². The normalized spacial score (nSPS) is 12.3. The third-order valence-electron chi connectivity index (χ3n) is 2.28. The molecule has 0 radical (unpaired) electrons. The van der Waals surface area contributed by atoms with Crippen LogP contribution < -0.4 is 0 Å². The summed E-state index contributed by atoms with van der Waals surface area (Å²) in [7, 11) is 3.27. The molecule has 0 spiro atoms. The maximum absolute atomic E-state index is 12.1. The lowest BCUT2D eigenvalue weighted by Gasteiger charge is -2.20. The molecular weight excluding hydrogens is 341 g/mol. The van der Waals surface area contributed by atoms with Crippen molar-refractivity contribution in [2.75, 3.05) is 27.3 Å². The largest absolute Gasteiger partial charge is 0.383 e. The SMILES string of the molecule is COCC(Cl)CN(C)C(=O)c1cc(Cl)cc(Br)c1. The molecule has 0 bridgehead atoms. The fraction of sp³-hybridized carbons (Fsp3) is 0.417. The van der Waals surface area contributed by atoms with E-state index in [0.717, 1.165) is 4.47 Å². The minimum Gasteiger partial charge on any atom is -0.383 e. The molecule has 0 aliphatic carbocycles. The summed E-state index contributed by atoms with van der Waals surface area (Å²) in [4.78, 5) is 13.7. The number of amides is 1. The standard InChI is InChI=1S/C12H14BrCl2NO2/c1-16(6-11(15)7-18-2)12(17)8-3-9(13)5-10(14)4-8/h3-5,11H,6-7H2,1-2H3. The Balaban J connectivity index is 2.74. The van der Waals surface area contributed by atoms with Gasteiger partial charge in [-0.2, -0.15) is 0 Å². The molecule has 18 heavy (non-hydrogen) atoms. The van der Waals surface area contributed by atoms with Gasteiger partial charge in [0.1, 0.15) is 0 Å². The van der Waals surface area contributed by atoms with Crippen LogP contribution in [0.4, 0.5) is 0 Å². The van der Waals surface area contributed by atoms with E-state index < -0.39 is 0 Å². The third-order valence-corrected chi connectivity index (χ3v) is 3.22. The van der Waals surface area contributed by atoms with E-state index in [9.17, 15) is 4.79 Å². The van der Waals surface area contributed by atoms with Crippen LogP contribution in [0.25, 0.3) is 0 Å². The highest BCUT2D eigenvalue weighted by Crippen LogP contribution is 2.20. The zero-order valence-electron chi connectivity index (χ0n) is 10.1. The zero-order valence-corrected chi connectivity index (χ0v) is 13.2. The van der Waals surface area contributed by atoms with Crippen molar-refractivity contribution in [3.63, 3.8) is 0 Å². The summed E-state index contributed by atoms with van der Waals surface area (Å²) in [5.74, 6) is -0.125. The van der Waals surface area contributed by atoms with Gasteiger partial charge in [-0.05, 0) is 18.2 Å². The first kappa shape index (κ1) is 15.8. The van der Waals surface area contributed by atoms with Crippen molar-refractivity contribution >= 4 is 45.0 Å². The molecule has 1 amide bonds. The van der Waals surface area contributed by atoms with Crippen LogP contribution in [0.2, 0.25) is 5.02 Å². The first-order valence-corrected chi connectivity index (χ1v) is 6.89. The summed E-state index contributed by atoms with van der Waals surface area (Å²) in [6.07, 6.45) is 0. The summed E-state index contributed by atoms with van der Waals surface area (Å²) in [6, 6.07) is 5.09. The summed E-state index contributed by atoms with van der Waals surface area (Å²) >= 11 is 15.2. The van der Waals surface area contributed by atoms with Crippen LogP contribution in [0, 0.1) is 0 Å². The molecule has 1 unspecified atom stereocenters. The molecule has 6 heteroatoms. The van der Waals surface area contributed by atoms with Crippen LogP contribution in [-0.2, 0) is 4.74 Å². The maximum Gasteiger partial charge on any atom is 0.253 e. The lowest BCUT2D eigenvalue weighted by atomic mass is 10.2. The van der Waals surface area contributed by atoms with Crippen molar-refractivity contribution < 1.29 is 9.53 Å². The number of nitrogens with zero attached hydrogens (tertiary/aromatic N) is 1. The summed E-state index contributed by atoms with van der Waals surface area (Å²) in [5, 5.41) is 0.284. The Kier molecular flexibility index (Phi) is 6.43. The predicted molar refractivity (Wildman–Crippen MR) is 77.6 cm³/mol. The Hall–Kier alpha value is -0.290. The van der Waals surface area contributed by atoms with Crippen LogP contribution in [0.5, 0.6) is 0 Å². The number of halogens is 3. The molecule has 1 aromatic carbocycles. The molecule has 0 heterocycles. The van der Waals surface area contributed by atoms with Crippen molar-refractivity contribution in [1.82, 2.24) is 4.90 Å². The Morgan fingerprint density at radius 2 is 2.17 bits per heavy atom. The molecule has 0 saturated carbocycles. The smallest absolute Gasteiger partial charge is 0.253 e. The van der Waals surface area contributed by atoms with E-state index in [1.807, 2.05) is 0 Å². The molecule has 1 rings (SSSR count). The summed E-state index contributed by atoms with van der Waals surface area (Å²) in [5.41, 5.74) is 0.526. The van der Waals surface area contributed by atoms with Gasteiger partial charge < -0.3 is 9.64 Å². The Labute approximate surface area is 125 Å². The molecule has 3 nitrogen and oxygen atoms in total. The van der Waals surface area contributed by atoms with Crippen molar-refractivity contribution in [2.24, 2.45) is 0 Å². The average Bonchev–Trinajstić information content (AvgIpc) is 2.26. The summed E-state index contributed by atoms with van der Waals surface area (Å²) in [6.45, 7) is 0.816. The van der Waals surface area contributed by atoms with Gasteiger partial charge in [0.2, 0.25) is 0 Å². The number of carbonyl (C=O) groups excluding carboxylic acids is 1. The monoisotopic (exact) mass is 353 g/mol. The third kappa shape index (κ3) is 4.76. The van der Waals surface area contributed by atoms with E-state index in [2.05, 4.69) is 15.9 Å². The van der Waals surface area contributed by atoms with Gasteiger partial charge in [-0.25, -0.2) is 0 Å². The number of carbonyl (C=O) groups is 1. The molecule has 0 saturated heterocycles. The van der Waals surface area contributed by atoms with Crippen molar-refractivity contribution in [2.45, 2.75) is 5.38 Å². The fourth-order valence-electron chi connectivity index (χ4n) is 1.51. The molecule has 0 aromatic heterocycles. The van der Waals surface area contributed by atoms with E-state index in [1.54, 1.807) is 37.3 Å². The van der Waals surface area contributed by atoms with Crippen LogP contribution in [0.15, 0.2) is 22.7 Å². The van der Waals surface area contributed by atoms with Crippen molar-refractivity contribution in [1.29, 1.82) is 0 Å². The van der Waals surface area contributed by atoms with E-state index in [4.69, 9.17) is 27.9 Å². The number of alkyl halides is 1. The molecule has 1 aromatic rings. The highest BCUT2D eigenvalue weighted by Gasteiger charge is 2.16. The second-order valence-corrected chi connectivity index (χ2v) is 5.87. The molecule has 0 aliphatic rings. The second kappa shape index (κ2) is 7.34. The van der Waals surface area contributed by atoms with Crippen LogP contribution >= 0.6 is 39.1 Å². The number of hydrogen-bond acceptors (Lipinski definition) is 2. The highest BCUT2D eigenvalue weighted by atomic mass is 79.9. The van der Waals surface area contributed by atoms with Crippen LogP contribution in [0.3, 0.4) is 0 Å². The lowest BCUT2D eigenvalue weighted by Crippen LogP contribution is -2.33. The van der Waals surface area contributed by atoms with E-state index in [0.29, 0.717) is 23.7 Å². The second-order valence-electron chi connectivity index (χ2n) is 3.90. The number of methoxy groups -OCH3 is 1. The fourth-order valence-corrected chi connectivity index (χ4v) is 2.70. The predicted octanol–water partition coefficient (Wildman–Crippen LogP) is 3.43. The van der Waals surface area contributed by atoms with Gasteiger partial charge in [-0.15, -0.1) is 11.6 Å². The minimum absolute atomic E-state index is 0.125. The van der Waals surface area contributed by atoms with Crippen LogP contribution in [0.1, 0.15) is 10.4 Å². The van der Waals surface area contributed by atoms with Gasteiger partial charge >= 0.3 is 0 Å². The Morgan fingerprint density at radius 3 is 2.72 bits per heavy atom. The number of rotatable bonds is 5. The van der Waals surface area contributed by atoms with E-state index in [1.165, 1.54) is 0 Å². The molecular formula is C12H14BrCl2NO2. The number of benzene rings is 1. The average molecular weight is 355 g/mol. The van der Waals surface area contributed by atoms with Gasteiger partial charge in [0, 0.05) is 35.8 Å². The quantitative estimate of drug-likeness (QED) is 0.758. The molecule has 0 N–H and O–H groups in total. The van der Waals surface area contributed by atoms with Crippen molar-refractivity contribution in [3.8, 4) is 0 Å². The molecule has 0 aliphatic heterocycles. The minimum atomic E-state index is -0.230. The van der Waals surface area contributed by atoms with Crippen LogP contribution in [-0.4, -0.2) is 43.5 Å². The van der Waals surface area contributed by atoms with Gasteiger partial charge in [0.15, 0.2) is 0 Å². The molecule has 0 fully saturated rings. The van der Waals surface area contributed by atoms with Crippen molar-refractivity contribution in [3.05, 3.63) is 33.3 Å². The first-order valence-electron chi connectivity index (χ1n) is 5.28. The Bertz CT molecular complexity index is 408. The number of ether oxygens (including phenoxy) is 1. The van der Waals surface area contributed by atoms with E-state index in [-0.39, 0.29) is 11.3 Å². The Morgan fingerprint density at radius 1 is 1.50 bits per heavy atom. The zero-order chi connectivity index (χ0) is 13.7. The molecule has 100 valence electrons. The van der Waals surface area contributed by atoms with Gasteiger partial charge in [0.05, 0.1) is 12.0 Å². The van der Waals surface area contributed by atoms with E-state index >= 15 is 0 Å².